The fourth-order valence-corrected chi connectivity index (χ4v) is 2.26. The lowest BCUT2D eigenvalue weighted by Gasteiger charge is -2.35. The maximum Gasteiger partial charge on any atom is 0.206 e. The second-order valence-electron chi connectivity index (χ2n) is 4.97. The summed E-state index contributed by atoms with van der Waals surface area (Å²) in [5.41, 5.74) is 2.79. The maximum atomic E-state index is 5.49. The van der Waals surface area contributed by atoms with Gasteiger partial charge in [0.15, 0.2) is 0 Å². The minimum atomic E-state index is 0.144. The highest BCUT2D eigenvalue weighted by molar-refractivity contribution is 5.79. The summed E-state index contributed by atoms with van der Waals surface area (Å²) < 4.78 is 4.99. The number of hydrogen-bond acceptors (Lipinski definition) is 3. The van der Waals surface area contributed by atoms with Crippen molar-refractivity contribution in [3.63, 3.8) is 0 Å². The van der Waals surface area contributed by atoms with E-state index in [1.54, 1.807) is 7.11 Å². The molecule has 0 atom stereocenters. The molecule has 0 spiro atoms. The Morgan fingerprint density at radius 3 is 2.65 bits per heavy atom. The van der Waals surface area contributed by atoms with Crippen molar-refractivity contribution in [2.75, 3.05) is 20.3 Å². The number of aliphatic imine (C=N–C) groups is 1. The van der Waals surface area contributed by atoms with Crippen LogP contribution in [0.25, 0.3) is 0 Å². The van der Waals surface area contributed by atoms with E-state index in [2.05, 4.69) is 22.7 Å². The van der Waals surface area contributed by atoms with Crippen molar-refractivity contribution >= 4 is 5.96 Å². The van der Waals surface area contributed by atoms with E-state index in [1.165, 1.54) is 32.1 Å². The zero-order valence-corrected chi connectivity index (χ0v) is 11.1. The summed E-state index contributed by atoms with van der Waals surface area (Å²) in [7, 11) is 1.70. The van der Waals surface area contributed by atoms with Gasteiger partial charge in [-0.2, -0.15) is 0 Å². The molecule has 0 bridgehead atoms. The van der Waals surface area contributed by atoms with Crippen molar-refractivity contribution in [1.29, 1.82) is 0 Å². The van der Waals surface area contributed by atoms with Crippen LogP contribution in [0.3, 0.4) is 0 Å². The van der Waals surface area contributed by atoms with E-state index in [-0.39, 0.29) is 5.54 Å². The Morgan fingerprint density at radius 2 is 2.06 bits per heavy atom. The smallest absolute Gasteiger partial charge is 0.206 e. The molecule has 17 heavy (non-hydrogen) atoms. The second kappa shape index (κ2) is 7.50. The molecule has 5 nitrogen and oxygen atoms in total. The predicted octanol–water partition coefficient (Wildman–Crippen LogP) is 1.15. The first kappa shape index (κ1) is 14.3. The van der Waals surface area contributed by atoms with Gasteiger partial charge in [-0.3, -0.25) is 10.4 Å². The number of rotatable bonds is 5. The Balaban J connectivity index is 2.38. The molecule has 0 saturated heterocycles. The average molecular weight is 242 g/mol. The predicted molar refractivity (Wildman–Crippen MR) is 70.7 cm³/mol. The van der Waals surface area contributed by atoms with E-state index in [0.29, 0.717) is 5.96 Å². The monoisotopic (exact) mass is 242 g/mol. The van der Waals surface area contributed by atoms with Crippen molar-refractivity contribution in [3.05, 3.63) is 0 Å². The number of nitrogens with one attached hydrogen (secondary N) is 2. The summed E-state index contributed by atoms with van der Waals surface area (Å²) in [6, 6.07) is 0. The van der Waals surface area contributed by atoms with Crippen LogP contribution in [0.5, 0.6) is 0 Å². The average Bonchev–Trinajstić information content (AvgIpc) is 2.34. The Morgan fingerprint density at radius 1 is 1.35 bits per heavy atom. The van der Waals surface area contributed by atoms with E-state index < -0.39 is 0 Å². The highest BCUT2D eigenvalue weighted by atomic mass is 16.5. The van der Waals surface area contributed by atoms with Crippen LogP contribution < -0.4 is 16.6 Å². The van der Waals surface area contributed by atoms with Crippen LogP contribution in [-0.4, -0.2) is 31.8 Å². The van der Waals surface area contributed by atoms with Crippen molar-refractivity contribution < 1.29 is 4.74 Å². The lowest BCUT2D eigenvalue weighted by molar-refractivity contribution is 0.197. The molecule has 5 heteroatoms. The van der Waals surface area contributed by atoms with Gasteiger partial charge in [-0.05, 0) is 26.2 Å². The SMILES string of the molecule is COCCCN=C(NN)NC1(C)CCCCC1. The first-order valence-corrected chi connectivity index (χ1v) is 6.48. The molecule has 0 aromatic heterocycles. The van der Waals surface area contributed by atoms with Crippen LogP contribution in [-0.2, 0) is 4.74 Å². The zero-order chi connectivity index (χ0) is 12.6. The van der Waals surface area contributed by atoms with Gasteiger partial charge in [0.2, 0.25) is 5.96 Å². The van der Waals surface area contributed by atoms with Gasteiger partial charge in [0, 0.05) is 25.8 Å². The largest absolute Gasteiger partial charge is 0.385 e. The van der Waals surface area contributed by atoms with E-state index in [0.717, 1.165) is 19.6 Å². The van der Waals surface area contributed by atoms with E-state index in [4.69, 9.17) is 10.6 Å². The van der Waals surface area contributed by atoms with Crippen LogP contribution in [0.4, 0.5) is 0 Å². The van der Waals surface area contributed by atoms with Crippen molar-refractivity contribution in [1.82, 2.24) is 10.7 Å². The van der Waals surface area contributed by atoms with Gasteiger partial charge in [0.1, 0.15) is 0 Å². The molecule has 0 radical (unpaired) electrons. The molecule has 4 N–H and O–H groups in total. The summed E-state index contributed by atoms with van der Waals surface area (Å²) in [6.07, 6.45) is 7.20. The topological polar surface area (TPSA) is 71.7 Å². The Kier molecular flexibility index (Phi) is 6.29. The number of guanidine groups is 1. The molecule has 1 fully saturated rings. The van der Waals surface area contributed by atoms with Gasteiger partial charge in [0.25, 0.3) is 0 Å². The number of hydrazine groups is 1. The number of hydrogen-bond donors (Lipinski definition) is 3. The van der Waals surface area contributed by atoms with E-state index >= 15 is 0 Å². The third-order valence-corrected chi connectivity index (χ3v) is 3.29. The molecule has 0 amide bonds. The molecule has 1 aliphatic rings. The van der Waals surface area contributed by atoms with E-state index in [1.807, 2.05) is 0 Å². The molecule has 1 rings (SSSR count). The maximum absolute atomic E-state index is 5.49. The zero-order valence-electron chi connectivity index (χ0n) is 11.1. The normalized spacial score (nSPS) is 20.1. The fraction of sp³-hybridized carbons (Fsp3) is 0.917. The first-order chi connectivity index (χ1) is 8.20. The minimum Gasteiger partial charge on any atom is -0.385 e. The third kappa shape index (κ3) is 5.37. The summed E-state index contributed by atoms with van der Waals surface area (Å²) in [5, 5.41) is 3.43. The summed E-state index contributed by atoms with van der Waals surface area (Å²) in [4.78, 5) is 4.41. The lowest BCUT2D eigenvalue weighted by atomic mass is 9.83. The number of ether oxygens (including phenoxy) is 1. The minimum absolute atomic E-state index is 0.144. The number of nitrogens with zero attached hydrogens (tertiary/aromatic N) is 1. The lowest BCUT2D eigenvalue weighted by Crippen LogP contribution is -2.53. The second-order valence-corrected chi connectivity index (χ2v) is 4.97. The molecule has 0 aromatic carbocycles. The van der Waals surface area contributed by atoms with Crippen LogP contribution in [0, 0.1) is 0 Å². The highest BCUT2D eigenvalue weighted by Gasteiger charge is 2.27. The van der Waals surface area contributed by atoms with Crippen molar-refractivity contribution in [2.24, 2.45) is 10.8 Å². The molecule has 0 unspecified atom stereocenters. The molecular weight excluding hydrogens is 216 g/mol. The van der Waals surface area contributed by atoms with Crippen molar-refractivity contribution in [3.8, 4) is 0 Å². The van der Waals surface area contributed by atoms with Crippen LogP contribution in [0.2, 0.25) is 0 Å². The standard InChI is InChI=1S/C12H26N4O/c1-12(7-4-3-5-8-12)15-11(16-13)14-9-6-10-17-2/h3-10,13H2,1-2H3,(H2,14,15,16). The Bertz CT molecular complexity index is 237. The van der Waals surface area contributed by atoms with Crippen LogP contribution in [0.15, 0.2) is 4.99 Å². The number of nitrogens with two attached hydrogens (primary N) is 1. The number of methoxy groups -OCH3 is 1. The molecule has 1 saturated carbocycles. The molecular formula is C12H26N4O. The summed E-state index contributed by atoms with van der Waals surface area (Å²) in [5.74, 6) is 6.19. The fourth-order valence-electron chi connectivity index (χ4n) is 2.26. The van der Waals surface area contributed by atoms with Crippen LogP contribution in [0.1, 0.15) is 45.4 Å². The van der Waals surface area contributed by atoms with Gasteiger partial charge in [0.05, 0.1) is 0 Å². The van der Waals surface area contributed by atoms with Gasteiger partial charge in [-0.15, -0.1) is 0 Å². The summed E-state index contributed by atoms with van der Waals surface area (Å²) >= 11 is 0. The Labute approximate surface area is 104 Å². The molecule has 100 valence electrons. The van der Waals surface area contributed by atoms with Gasteiger partial charge in [-0.25, -0.2) is 5.84 Å². The first-order valence-electron chi connectivity index (χ1n) is 6.48. The third-order valence-electron chi connectivity index (χ3n) is 3.29. The molecule has 0 aliphatic heterocycles. The van der Waals surface area contributed by atoms with Crippen LogP contribution >= 0.6 is 0 Å². The molecule has 0 heterocycles. The Hall–Kier alpha value is -0.810. The van der Waals surface area contributed by atoms with Gasteiger partial charge >= 0.3 is 0 Å². The van der Waals surface area contributed by atoms with E-state index in [9.17, 15) is 0 Å². The molecule has 1 aliphatic carbocycles. The highest BCUT2D eigenvalue weighted by Crippen LogP contribution is 2.27. The quantitative estimate of drug-likeness (QED) is 0.222. The molecule has 0 aromatic rings. The summed E-state index contributed by atoms with van der Waals surface area (Å²) in [6.45, 7) is 3.71. The van der Waals surface area contributed by atoms with Gasteiger partial charge < -0.3 is 10.1 Å². The van der Waals surface area contributed by atoms with Crippen molar-refractivity contribution in [2.45, 2.75) is 51.0 Å². The van der Waals surface area contributed by atoms with Gasteiger partial charge in [-0.1, -0.05) is 19.3 Å².